The summed E-state index contributed by atoms with van der Waals surface area (Å²) in [6, 6.07) is 18.4. The van der Waals surface area contributed by atoms with E-state index in [-0.39, 0.29) is 12.0 Å². The second-order valence-electron chi connectivity index (χ2n) is 7.23. The molecule has 1 atom stereocenters. The van der Waals surface area contributed by atoms with Crippen LogP contribution in [0.3, 0.4) is 0 Å². The molecule has 168 valence electrons. The lowest BCUT2D eigenvalue weighted by Gasteiger charge is -2.16. The Bertz CT molecular complexity index is 1080. The largest absolute Gasteiger partial charge is 0.492 e. The maximum Gasteiger partial charge on any atom is 0.306 e. The van der Waals surface area contributed by atoms with Gasteiger partial charge in [0.25, 0.3) is 5.56 Å². The van der Waals surface area contributed by atoms with Gasteiger partial charge in [0.05, 0.1) is 24.8 Å². The molecular weight excluding hydrogens is 408 g/mol. The highest BCUT2D eigenvalue weighted by Gasteiger charge is 2.16. The van der Waals surface area contributed by atoms with Gasteiger partial charge in [0.15, 0.2) is 0 Å². The molecule has 1 unspecified atom stereocenters. The summed E-state index contributed by atoms with van der Waals surface area (Å²) in [5.41, 5.74) is 2.26. The van der Waals surface area contributed by atoms with Gasteiger partial charge in [0, 0.05) is 24.7 Å². The second kappa shape index (κ2) is 11.2. The van der Waals surface area contributed by atoms with Crippen molar-refractivity contribution in [2.75, 3.05) is 13.2 Å². The SMILES string of the molecule is CCOC(CC(=O)O)c1ccc(OCCn2c(CC)nc(-c3ccccc3)cc2=O)cc1. The molecule has 0 bridgehead atoms. The summed E-state index contributed by atoms with van der Waals surface area (Å²) < 4.78 is 13.0. The summed E-state index contributed by atoms with van der Waals surface area (Å²) in [6.07, 6.45) is 0.0434. The third kappa shape index (κ3) is 6.04. The van der Waals surface area contributed by atoms with Gasteiger partial charge >= 0.3 is 5.97 Å². The summed E-state index contributed by atoms with van der Waals surface area (Å²) >= 11 is 0. The van der Waals surface area contributed by atoms with E-state index >= 15 is 0 Å². The average molecular weight is 437 g/mol. The molecule has 0 aliphatic carbocycles. The Morgan fingerprint density at radius 3 is 2.44 bits per heavy atom. The molecule has 3 aromatic rings. The summed E-state index contributed by atoms with van der Waals surface area (Å²) in [7, 11) is 0. The summed E-state index contributed by atoms with van der Waals surface area (Å²) in [5, 5.41) is 9.06. The van der Waals surface area contributed by atoms with Crippen LogP contribution < -0.4 is 10.3 Å². The third-order valence-electron chi connectivity index (χ3n) is 5.04. The fourth-order valence-corrected chi connectivity index (χ4v) is 3.49. The number of aromatic nitrogens is 2. The molecule has 0 amide bonds. The number of ether oxygens (including phenoxy) is 2. The number of hydrogen-bond acceptors (Lipinski definition) is 5. The second-order valence-corrected chi connectivity index (χ2v) is 7.23. The zero-order valence-electron chi connectivity index (χ0n) is 18.4. The van der Waals surface area contributed by atoms with E-state index in [1.165, 1.54) is 0 Å². The number of hydrogen-bond donors (Lipinski definition) is 1. The minimum atomic E-state index is -0.909. The Hall–Kier alpha value is -3.45. The molecule has 32 heavy (non-hydrogen) atoms. The van der Waals surface area contributed by atoms with Crippen molar-refractivity contribution in [3.8, 4) is 17.0 Å². The van der Waals surface area contributed by atoms with E-state index in [1.54, 1.807) is 34.9 Å². The van der Waals surface area contributed by atoms with Crippen molar-refractivity contribution in [2.45, 2.75) is 39.3 Å². The first-order valence-corrected chi connectivity index (χ1v) is 10.7. The van der Waals surface area contributed by atoms with Gasteiger partial charge in [0.1, 0.15) is 18.2 Å². The molecule has 2 aromatic carbocycles. The van der Waals surface area contributed by atoms with Gasteiger partial charge in [-0.3, -0.25) is 14.2 Å². The van der Waals surface area contributed by atoms with Gasteiger partial charge in [-0.1, -0.05) is 49.4 Å². The molecule has 0 aliphatic rings. The van der Waals surface area contributed by atoms with E-state index in [0.717, 1.165) is 11.1 Å². The number of carbonyl (C=O) groups is 1. The normalized spacial score (nSPS) is 11.8. The Labute approximate surface area is 187 Å². The topological polar surface area (TPSA) is 90.7 Å². The summed E-state index contributed by atoms with van der Waals surface area (Å²) in [6.45, 7) is 4.93. The van der Waals surface area contributed by atoms with Gasteiger partial charge < -0.3 is 14.6 Å². The number of nitrogens with zero attached hydrogens (tertiary/aromatic N) is 2. The Kier molecular flexibility index (Phi) is 8.16. The third-order valence-corrected chi connectivity index (χ3v) is 5.04. The fraction of sp³-hybridized carbons (Fsp3) is 0.320. The first-order chi connectivity index (χ1) is 15.5. The summed E-state index contributed by atoms with van der Waals surface area (Å²) in [4.78, 5) is 28.4. The predicted molar refractivity (Wildman–Crippen MR) is 122 cm³/mol. The predicted octanol–water partition coefficient (Wildman–Crippen LogP) is 4.10. The number of carboxylic acids is 1. The Morgan fingerprint density at radius 1 is 1.09 bits per heavy atom. The first kappa shape index (κ1) is 23.2. The highest BCUT2D eigenvalue weighted by Crippen LogP contribution is 2.24. The monoisotopic (exact) mass is 436 g/mol. The van der Waals surface area contributed by atoms with Crippen molar-refractivity contribution >= 4 is 5.97 Å². The minimum absolute atomic E-state index is 0.0945. The molecule has 0 saturated carbocycles. The molecule has 0 fully saturated rings. The van der Waals surface area contributed by atoms with Crippen LogP contribution in [0.15, 0.2) is 65.5 Å². The van der Waals surface area contributed by atoms with Crippen LogP contribution in [-0.2, 0) is 22.5 Å². The highest BCUT2D eigenvalue weighted by molar-refractivity contribution is 5.67. The van der Waals surface area contributed by atoms with Gasteiger partial charge in [-0.2, -0.15) is 0 Å². The van der Waals surface area contributed by atoms with Crippen LogP contribution in [0.25, 0.3) is 11.3 Å². The first-order valence-electron chi connectivity index (χ1n) is 10.7. The molecule has 1 heterocycles. The summed E-state index contributed by atoms with van der Waals surface area (Å²) in [5.74, 6) is 0.440. The molecule has 7 heteroatoms. The minimum Gasteiger partial charge on any atom is -0.492 e. The molecule has 7 nitrogen and oxygen atoms in total. The van der Waals surface area contributed by atoms with Crippen molar-refractivity contribution in [2.24, 2.45) is 0 Å². The van der Waals surface area contributed by atoms with E-state index in [9.17, 15) is 9.59 Å². The van der Waals surface area contributed by atoms with Crippen LogP contribution in [0, 0.1) is 0 Å². The maximum atomic E-state index is 12.7. The van der Waals surface area contributed by atoms with Gasteiger partial charge in [-0.05, 0) is 24.6 Å². The van der Waals surface area contributed by atoms with E-state index in [0.29, 0.717) is 43.4 Å². The van der Waals surface area contributed by atoms with E-state index in [2.05, 4.69) is 4.98 Å². The Balaban J connectivity index is 1.66. The highest BCUT2D eigenvalue weighted by atomic mass is 16.5. The van der Waals surface area contributed by atoms with Crippen molar-refractivity contribution in [1.82, 2.24) is 9.55 Å². The lowest BCUT2D eigenvalue weighted by atomic mass is 10.1. The van der Waals surface area contributed by atoms with Crippen LogP contribution in [0.4, 0.5) is 0 Å². The van der Waals surface area contributed by atoms with Crippen LogP contribution in [0.5, 0.6) is 5.75 Å². The van der Waals surface area contributed by atoms with Crippen molar-refractivity contribution in [3.63, 3.8) is 0 Å². The van der Waals surface area contributed by atoms with Gasteiger partial charge in [0.2, 0.25) is 0 Å². The van der Waals surface area contributed by atoms with Crippen molar-refractivity contribution in [1.29, 1.82) is 0 Å². The fourth-order valence-electron chi connectivity index (χ4n) is 3.49. The molecule has 1 aromatic heterocycles. The van der Waals surface area contributed by atoms with Gasteiger partial charge in [-0.25, -0.2) is 4.98 Å². The number of benzene rings is 2. The lowest BCUT2D eigenvalue weighted by Crippen LogP contribution is -2.27. The van der Waals surface area contributed by atoms with Crippen LogP contribution in [-0.4, -0.2) is 33.8 Å². The van der Waals surface area contributed by atoms with Crippen LogP contribution >= 0.6 is 0 Å². The van der Waals surface area contributed by atoms with Crippen molar-refractivity contribution in [3.05, 3.63) is 82.4 Å². The molecule has 0 spiro atoms. The molecule has 0 saturated heterocycles. The molecule has 0 radical (unpaired) electrons. The number of aryl methyl sites for hydroxylation is 1. The zero-order valence-corrected chi connectivity index (χ0v) is 18.4. The van der Waals surface area contributed by atoms with E-state index < -0.39 is 12.1 Å². The maximum absolute atomic E-state index is 12.7. The molecule has 3 rings (SSSR count). The number of rotatable bonds is 11. The average Bonchev–Trinajstić information content (AvgIpc) is 2.80. The van der Waals surface area contributed by atoms with Crippen LogP contribution in [0.2, 0.25) is 0 Å². The Morgan fingerprint density at radius 2 is 1.81 bits per heavy atom. The quantitative estimate of drug-likeness (QED) is 0.487. The van der Waals surface area contributed by atoms with E-state index in [1.807, 2.05) is 44.2 Å². The van der Waals surface area contributed by atoms with Gasteiger partial charge in [-0.15, -0.1) is 0 Å². The number of carboxylic acid groups (broad SMARTS) is 1. The molecule has 1 N–H and O–H groups in total. The number of aliphatic carboxylic acids is 1. The smallest absolute Gasteiger partial charge is 0.306 e. The van der Waals surface area contributed by atoms with Crippen LogP contribution in [0.1, 0.15) is 37.8 Å². The van der Waals surface area contributed by atoms with E-state index in [4.69, 9.17) is 14.6 Å². The molecular formula is C25H28N2O5. The standard InChI is InChI=1S/C25H28N2O5/c1-3-23-26-21(18-8-6-5-7-9-18)16-24(28)27(23)14-15-32-20-12-10-19(11-13-20)22(31-4-2)17-25(29)30/h5-13,16,22H,3-4,14-15,17H2,1-2H3,(H,29,30). The zero-order chi connectivity index (χ0) is 22.9. The van der Waals surface area contributed by atoms with Crippen molar-refractivity contribution < 1.29 is 19.4 Å². The lowest BCUT2D eigenvalue weighted by molar-refractivity contribution is -0.140. The molecule has 0 aliphatic heterocycles.